The van der Waals surface area contributed by atoms with E-state index in [2.05, 4.69) is 15.1 Å². The Balaban J connectivity index is 1.74. The van der Waals surface area contributed by atoms with Crippen LogP contribution in [0.25, 0.3) is 5.78 Å². The van der Waals surface area contributed by atoms with Gasteiger partial charge in [0.1, 0.15) is 5.82 Å². The molecule has 2 heterocycles. The molecule has 0 aliphatic rings. The van der Waals surface area contributed by atoms with Crippen molar-refractivity contribution < 1.29 is 4.39 Å². The van der Waals surface area contributed by atoms with Gasteiger partial charge in [-0.15, -0.1) is 5.10 Å². The first-order valence-electron chi connectivity index (χ1n) is 5.36. The first kappa shape index (κ1) is 11.2. The first-order valence-corrected chi connectivity index (χ1v) is 6.34. The highest BCUT2D eigenvalue weighted by Gasteiger charge is 2.04. The van der Waals surface area contributed by atoms with Gasteiger partial charge < -0.3 is 0 Å². The molecule has 3 rings (SSSR count). The van der Waals surface area contributed by atoms with E-state index in [1.165, 1.54) is 23.9 Å². The molecule has 1 aromatic carbocycles. The van der Waals surface area contributed by atoms with Gasteiger partial charge in [-0.3, -0.25) is 0 Å². The Morgan fingerprint density at radius 3 is 2.83 bits per heavy atom. The van der Waals surface area contributed by atoms with Gasteiger partial charge in [0.15, 0.2) is 0 Å². The van der Waals surface area contributed by atoms with E-state index in [9.17, 15) is 4.39 Å². The second-order valence-electron chi connectivity index (χ2n) is 3.67. The zero-order chi connectivity index (χ0) is 12.4. The van der Waals surface area contributed by atoms with Crippen molar-refractivity contribution >= 4 is 17.5 Å². The molecule has 18 heavy (non-hydrogen) atoms. The SMILES string of the molecule is Fc1ccc(CSc2nc3ncccn3n2)cc1. The number of fused-ring (bicyclic) bond motifs is 1. The molecule has 2 aromatic heterocycles. The van der Waals surface area contributed by atoms with Crippen LogP contribution in [0.5, 0.6) is 0 Å². The Hall–Kier alpha value is -1.95. The maximum Gasteiger partial charge on any atom is 0.253 e. The van der Waals surface area contributed by atoms with Gasteiger partial charge >= 0.3 is 0 Å². The average Bonchev–Trinajstić information content (AvgIpc) is 2.81. The molecule has 0 aliphatic carbocycles. The van der Waals surface area contributed by atoms with Crippen LogP contribution in [0.2, 0.25) is 0 Å². The molecule has 0 atom stereocenters. The Labute approximate surface area is 107 Å². The fraction of sp³-hybridized carbons (Fsp3) is 0.0833. The van der Waals surface area contributed by atoms with Gasteiger partial charge in [-0.1, -0.05) is 23.9 Å². The lowest BCUT2D eigenvalue weighted by atomic mass is 10.2. The lowest BCUT2D eigenvalue weighted by Gasteiger charge is -1.97. The minimum absolute atomic E-state index is 0.223. The number of benzene rings is 1. The number of hydrogen-bond donors (Lipinski definition) is 0. The van der Waals surface area contributed by atoms with Crippen molar-refractivity contribution in [3.05, 3.63) is 54.1 Å². The van der Waals surface area contributed by atoms with Crippen molar-refractivity contribution in [2.75, 3.05) is 0 Å². The summed E-state index contributed by atoms with van der Waals surface area (Å²) in [5, 5.41) is 4.94. The summed E-state index contributed by atoms with van der Waals surface area (Å²) in [6.45, 7) is 0. The van der Waals surface area contributed by atoms with Crippen molar-refractivity contribution in [1.82, 2.24) is 19.6 Å². The van der Waals surface area contributed by atoms with Crippen LogP contribution < -0.4 is 0 Å². The summed E-state index contributed by atoms with van der Waals surface area (Å²) in [6, 6.07) is 8.23. The number of aromatic nitrogens is 4. The van der Waals surface area contributed by atoms with Crippen LogP contribution in [0, 0.1) is 5.82 Å². The molecular formula is C12H9FN4S. The molecule has 0 N–H and O–H groups in total. The summed E-state index contributed by atoms with van der Waals surface area (Å²) in [5.74, 6) is 1.06. The van der Waals surface area contributed by atoms with E-state index >= 15 is 0 Å². The fourth-order valence-corrected chi connectivity index (χ4v) is 2.28. The molecule has 0 radical (unpaired) electrons. The third-order valence-electron chi connectivity index (χ3n) is 2.38. The molecule has 6 heteroatoms. The van der Waals surface area contributed by atoms with Crippen molar-refractivity contribution in [3.8, 4) is 0 Å². The smallest absolute Gasteiger partial charge is 0.220 e. The molecule has 0 bridgehead atoms. The summed E-state index contributed by atoms with van der Waals surface area (Å²) in [7, 11) is 0. The van der Waals surface area contributed by atoms with Crippen LogP contribution >= 0.6 is 11.8 Å². The molecule has 3 aromatic rings. The summed E-state index contributed by atoms with van der Waals surface area (Å²) in [6.07, 6.45) is 3.48. The van der Waals surface area contributed by atoms with E-state index in [-0.39, 0.29) is 5.82 Å². The Bertz CT molecular complexity index is 632. The zero-order valence-electron chi connectivity index (χ0n) is 9.32. The lowest BCUT2D eigenvalue weighted by Crippen LogP contribution is -1.87. The Morgan fingerprint density at radius 2 is 2.06 bits per heavy atom. The number of nitrogens with zero attached hydrogens (tertiary/aromatic N) is 4. The molecule has 0 spiro atoms. The minimum atomic E-state index is -0.223. The molecule has 0 amide bonds. The van der Waals surface area contributed by atoms with E-state index in [0.717, 1.165) is 5.56 Å². The van der Waals surface area contributed by atoms with Crippen LogP contribution in [-0.4, -0.2) is 19.6 Å². The average molecular weight is 260 g/mol. The molecule has 90 valence electrons. The molecule has 0 saturated heterocycles. The molecule has 0 aliphatic heterocycles. The predicted octanol–water partition coefficient (Wildman–Crippen LogP) is 2.56. The summed E-state index contributed by atoms with van der Waals surface area (Å²) in [4.78, 5) is 8.37. The maximum atomic E-state index is 12.7. The van der Waals surface area contributed by atoms with E-state index in [0.29, 0.717) is 16.7 Å². The van der Waals surface area contributed by atoms with Crippen LogP contribution in [0.1, 0.15) is 5.56 Å². The Kier molecular flexibility index (Phi) is 2.93. The van der Waals surface area contributed by atoms with Crippen molar-refractivity contribution in [2.45, 2.75) is 10.9 Å². The minimum Gasteiger partial charge on any atom is -0.220 e. The standard InChI is InChI=1S/C12H9FN4S/c13-10-4-2-9(3-5-10)8-18-12-15-11-14-6-1-7-17(11)16-12/h1-7H,8H2. The second kappa shape index (κ2) is 4.73. The zero-order valence-corrected chi connectivity index (χ0v) is 10.1. The largest absolute Gasteiger partial charge is 0.253 e. The lowest BCUT2D eigenvalue weighted by molar-refractivity contribution is 0.627. The van der Waals surface area contributed by atoms with Gasteiger partial charge in [-0.05, 0) is 23.8 Å². The van der Waals surface area contributed by atoms with E-state index in [4.69, 9.17) is 0 Å². The van der Waals surface area contributed by atoms with Gasteiger partial charge in [-0.25, -0.2) is 13.9 Å². The molecule has 0 fully saturated rings. The number of halogens is 1. The molecule has 0 saturated carbocycles. The monoisotopic (exact) mass is 260 g/mol. The van der Waals surface area contributed by atoms with Gasteiger partial charge in [0, 0.05) is 18.1 Å². The summed E-state index contributed by atoms with van der Waals surface area (Å²) < 4.78 is 14.4. The maximum absolute atomic E-state index is 12.7. The summed E-state index contributed by atoms with van der Waals surface area (Å²) in [5.41, 5.74) is 1.04. The highest BCUT2D eigenvalue weighted by molar-refractivity contribution is 7.98. The van der Waals surface area contributed by atoms with Gasteiger partial charge in [-0.2, -0.15) is 4.98 Å². The third-order valence-corrected chi connectivity index (χ3v) is 3.29. The van der Waals surface area contributed by atoms with E-state index < -0.39 is 0 Å². The number of rotatable bonds is 3. The first-order chi connectivity index (χ1) is 8.81. The highest BCUT2D eigenvalue weighted by atomic mass is 32.2. The topological polar surface area (TPSA) is 43.1 Å². The normalized spacial score (nSPS) is 10.9. The molecule has 0 unspecified atom stereocenters. The highest BCUT2D eigenvalue weighted by Crippen LogP contribution is 2.19. The van der Waals surface area contributed by atoms with Crippen LogP contribution in [0.4, 0.5) is 4.39 Å². The van der Waals surface area contributed by atoms with Gasteiger partial charge in [0.25, 0.3) is 5.78 Å². The van der Waals surface area contributed by atoms with Gasteiger partial charge in [0.05, 0.1) is 0 Å². The van der Waals surface area contributed by atoms with E-state index in [1.54, 1.807) is 35.1 Å². The van der Waals surface area contributed by atoms with Crippen LogP contribution in [0.15, 0.2) is 47.9 Å². The fourth-order valence-electron chi connectivity index (χ4n) is 1.50. The Morgan fingerprint density at radius 1 is 1.22 bits per heavy atom. The number of thioether (sulfide) groups is 1. The van der Waals surface area contributed by atoms with Crippen LogP contribution in [-0.2, 0) is 5.75 Å². The number of hydrogen-bond acceptors (Lipinski definition) is 4. The third kappa shape index (κ3) is 2.33. The van der Waals surface area contributed by atoms with Crippen molar-refractivity contribution in [2.24, 2.45) is 0 Å². The quantitative estimate of drug-likeness (QED) is 0.679. The van der Waals surface area contributed by atoms with E-state index in [1.807, 2.05) is 0 Å². The van der Waals surface area contributed by atoms with Gasteiger partial charge in [0.2, 0.25) is 5.16 Å². The second-order valence-corrected chi connectivity index (χ2v) is 4.62. The summed E-state index contributed by atoms with van der Waals surface area (Å²) >= 11 is 1.50. The van der Waals surface area contributed by atoms with Crippen LogP contribution in [0.3, 0.4) is 0 Å². The van der Waals surface area contributed by atoms with Crippen molar-refractivity contribution in [3.63, 3.8) is 0 Å². The van der Waals surface area contributed by atoms with Crippen molar-refractivity contribution in [1.29, 1.82) is 0 Å². The molecular weight excluding hydrogens is 251 g/mol. The molecule has 4 nitrogen and oxygen atoms in total. The predicted molar refractivity (Wildman–Crippen MR) is 66.7 cm³/mol.